The zero-order valence-electron chi connectivity index (χ0n) is 17.7. The van der Waals surface area contributed by atoms with Crippen LogP contribution in [0.15, 0.2) is 46.9 Å². The fourth-order valence-electron chi connectivity index (χ4n) is 4.92. The molecule has 0 spiro atoms. The van der Waals surface area contributed by atoms with Gasteiger partial charge in [0.2, 0.25) is 5.91 Å². The molecule has 2 aliphatic heterocycles. The molecule has 2 fully saturated rings. The first-order valence-corrected chi connectivity index (χ1v) is 11.7. The number of anilines is 1. The summed E-state index contributed by atoms with van der Waals surface area (Å²) >= 11 is 9.44. The maximum absolute atomic E-state index is 12.1. The van der Waals surface area contributed by atoms with Gasteiger partial charge < -0.3 is 21.1 Å². The van der Waals surface area contributed by atoms with E-state index in [1.807, 2.05) is 18.2 Å². The van der Waals surface area contributed by atoms with Crippen molar-refractivity contribution >= 4 is 45.2 Å². The van der Waals surface area contributed by atoms with Crippen molar-refractivity contribution in [1.29, 1.82) is 0 Å². The number of hydrogen-bond acceptors (Lipinski definition) is 4. The Morgan fingerprint density at radius 3 is 2.44 bits per heavy atom. The monoisotopic (exact) mass is 520 g/mol. The smallest absolute Gasteiger partial charge is 0.316 e. The Kier molecular flexibility index (Phi) is 6.65. The van der Waals surface area contributed by atoms with Gasteiger partial charge >= 0.3 is 6.03 Å². The second-order valence-corrected chi connectivity index (χ2v) is 9.85. The summed E-state index contributed by atoms with van der Waals surface area (Å²) in [5.41, 5.74) is 6.13. The minimum absolute atomic E-state index is 0.155. The Balaban J connectivity index is 1.58. The number of rotatable bonds is 6. The average Bonchev–Trinajstić information content (AvgIpc) is 2.95. The first kappa shape index (κ1) is 22.9. The van der Waals surface area contributed by atoms with Crippen molar-refractivity contribution in [2.75, 3.05) is 5.32 Å². The first-order chi connectivity index (χ1) is 15.2. The molecule has 2 aliphatic rings. The highest BCUT2D eigenvalue weighted by Gasteiger charge is 2.50. The number of fused-ring (bicyclic) bond motifs is 2. The van der Waals surface area contributed by atoms with Crippen LogP contribution in [0.5, 0.6) is 5.75 Å². The molecule has 7 nitrogen and oxygen atoms in total. The van der Waals surface area contributed by atoms with E-state index in [9.17, 15) is 9.59 Å². The maximum atomic E-state index is 12.1. The third kappa shape index (κ3) is 5.19. The third-order valence-corrected chi connectivity index (χ3v) is 6.83. The molecule has 9 heteroatoms. The Morgan fingerprint density at radius 2 is 1.84 bits per heavy atom. The SMILES string of the molecule is CC(=O)NC1(Oc2ccc(Br)cc2NC(N)=O)CC2CCC(C1)N2Cc1ccc(Cl)cc1. The number of ether oxygens (including phenoxy) is 1. The largest absolute Gasteiger partial charge is 0.466 e. The lowest BCUT2D eigenvalue weighted by molar-refractivity contribution is -0.130. The summed E-state index contributed by atoms with van der Waals surface area (Å²) in [5, 5.41) is 6.40. The Hall–Kier alpha value is -2.29. The van der Waals surface area contributed by atoms with Gasteiger partial charge in [-0.15, -0.1) is 0 Å². The van der Waals surface area contributed by atoms with E-state index in [0.717, 1.165) is 28.9 Å². The Labute approximate surface area is 200 Å². The van der Waals surface area contributed by atoms with Crippen LogP contribution in [0.1, 0.15) is 38.2 Å². The van der Waals surface area contributed by atoms with Crippen molar-refractivity contribution < 1.29 is 14.3 Å². The number of hydrogen-bond donors (Lipinski definition) is 3. The van der Waals surface area contributed by atoms with E-state index in [0.29, 0.717) is 24.3 Å². The number of carbonyl (C=O) groups excluding carboxylic acids is 2. The number of nitrogens with one attached hydrogen (secondary N) is 2. The number of nitrogens with zero attached hydrogens (tertiary/aromatic N) is 1. The highest BCUT2D eigenvalue weighted by Crippen LogP contribution is 2.44. The molecule has 170 valence electrons. The first-order valence-electron chi connectivity index (χ1n) is 10.6. The predicted octanol–water partition coefficient (Wildman–Crippen LogP) is 4.63. The molecular formula is C23H26BrClN4O3. The Morgan fingerprint density at radius 1 is 1.19 bits per heavy atom. The summed E-state index contributed by atoms with van der Waals surface area (Å²) < 4.78 is 7.25. The van der Waals surface area contributed by atoms with E-state index in [1.54, 1.807) is 12.1 Å². The molecule has 2 aromatic rings. The lowest BCUT2D eigenvalue weighted by Crippen LogP contribution is -2.61. The summed E-state index contributed by atoms with van der Waals surface area (Å²) in [7, 11) is 0. The van der Waals surface area contributed by atoms with Crippen LogP contribution in [0, 0.1) is 0 Å². The van der Waals surface area contributed by atoms with Crippen molar-refractivity contribution in [2.24, 2.45) is 5.73 Å². The van der Waals surface area contributed by atoms with E-state index in [1.165, 1.54) is 12.5 Å². The van der Waals surface area contributed by atoms with Gasteiger partial charge in [-0.05, 0) is 48.7 Å². The highest BCUT2D eigenvalue weighted by molar-refractivity contribution is 9.10. The summed E-state index contributed by atoms with van der Waals surface area (Å²) in [4.78, 5) is 26.1. The van der Waals surface area contributed by atoms with Gasteiger partial charge in [-0.2, -0.15) is 0 Å². The van der Waals surface area contributed by atoms with Gasteiger partial charge in [-0.25, -0.2) is 4.79 Å². The standard InChI is InChI=1S/C23H26BrClN4O3/c1-14(30)28-23(32-21-9-4-16(24)10-20(21)27-22(26)31)11-18-7-8-19(12-23)29(18)13-15-2-5-17(25)6-3-15/h2-6,9-10,18-19H,7-8,11-13H2,1H3,(H,28,30)(H3,26,27,31). The number of carbonyl (C=O) groups is 2. The van der Waals surface area contributed by atoms with Crippen LogP contribution in [0.25, 0.3) is 0 Å². The van der Waals surface area contributed by atoms with Crippen LogP contribution in [0.2, 0.25) is 5.02 Å². The zero-order valence-corrected chi connectivity index (χ0v) is 20.1. The molecule has 4 N–H and O–H groups in total. The number of benzene rings is 2. The number of amides is 3. The number of piperidine rings is 1. The molecule has 2 heterocycles. The van der Waals surface area contributed by atoms with Crippen molar-refractivity contribution in [3.63, 3.8) is 0 Å². The summed E-state index contributed by atoms with van der Waals surface area (Å²) in [5.74, 6) is 0.309. The molecular weight excluding hydrogens is 496 g/mol. The van der Waals surface area contributed by atoms with E-state index in [-0.39, 0.29) is 18.0 Å². The van der Waals surface area contributed by atoms with Crippen LogP contribution in [-0.4, -0.2) is 34.6 Å². The van der Waals surface area contributed by atoms with Gasteiger partial charge in [0.15, 0.2) is 5.72 Å². The molecule has 2 bridgehead atoms. The number of halogens is 2. The second kappa shape index (κ2) is 9.29. The van der Waals surface area contributed by atoms with Gasteiger partial charge in [-0.3, -0.25) is 9.69 Å². The van der Waals surface area contributed by atoms with Gasteiger partial charge in [0.1, 0.15) is 5.75 Å². The van der Waals surface area contributed by atoms with Crippen molar-refractivity contribution in [1.82, 2.24) is 10.2 Å². The second-order valence-electron chi connectivity index (χ2n) is 8.50. The third-order valence-electron chi connectivity index (χ3n) is 6.09. The molecule has 4 rings (SSSR count). The average molecular weight is 522 g/mol. The summed E-state index contributed by atoms with van der Waals surface area (Å²) in [6, 6.07) is 13.1. The normalized spacial score (nSPS) is 24.7. The highest BCUT2D eigenvalue weighted by atomic mass is 79.9. The van der Waals surface area contributed by atoms with Crippen LogP contribution in [-0.2, 0) is 11.3 Å². The van der Waals surface area contributed by atoms with Crippen molar-refractivity contribution in [3.8, 4) is 5.75 Å². The van der Waals surface area contributed by atoms with Gasteiger partial charge in [0.25, 0.3) is 0 Å². The van der Waals surface area contributed by atoms with E-state index in [2.05, 4.69) is 43.6 Å². The zero-order chi connectivity index (χ0) is 22.9. The number of urea groups is 1. The van der Waals surface area contributed by atoms with Crippen LogP contribution < -0.4 is 21.1 Å². The molecule has 0 aliphatic carbocycles. The summed E-state index contributed by atoms with van der Waals surface area (Å²) in [6.07, 6.45) is 3.36. The van der Waals surface area contributed by atoms with Gasteiger partial charge in [0, 0.05) is 47.9 Å². The van der Waals surface area contributed by atoms with Crippen LogP contribution in [0.4, 0.5) is 10.5 Å². The molecule has 2 atom stereocenters. The van der Waals surface area contributed by atoms with Crippen molar-refractivity contribution in [3.05, 3.63) is 57.5 Å². The Bertz CT molecular complexity index is 1000. The van der Waals surface area contributed by atoms with Crippen LogP contribution >= 0.6 is 27.5 Å². The molecule has 2 saturated heterocycles. The molecule has 32 heavy (non-hydrogen) atoms. The molecule has 2 aromatic carbocycles. The lowest BCUT2D eigenvalue weighted by atomic mass is 9.92. The molecule has 2 unspecified atom stereocenters. The minimum atomic E-state index is -0.865. The van der Waals surface area contributed by atoms with E-state index < -0.39 is 11.8 Å². The van der Waals surface area contributed by atoms with Gasteiger partial charge in [-0.1, -0.05) is 39.7 Å². The van der Waals surface area contributed by atoms with E-state index in [4.69, 9.17) is 22.1 Å². The topological polar surface area (TPSA) is 96.7 Å². The number of nitrogens with two attached hydrogens (primary N) is 1. The molecule has 3 amide bonds. The van der Waals surface area contributed by atoms with Crippen molar-refractivity contribution in [2.45, 2.75) is 57.0 Å². The fraction of sp³-hybridized carbons (Fsp3) is 0.391. The maximum Gasteiger partial charge on any atom is 0.316 e. The minimum Gasteiger partial charge on any atom is -0.466 e. The van der Waals surface area contributed by atoms with E-state index >= 15 is 0 Å². The predicted molar refractivity (Wildman–Crippen MR) is 128 cm³/mol. The van der Waals surface area contributed by atoms with Gasteiger partial charge in [0.05, 0.1) is 5.69 Å². The molecule has 0 aromatic heterocycles. The molecule has 0 saturated carbocycles. The summed E-state index contributed by atoms with van der Waals surface area (Å²) in [6.45, 7) is 2.33. The molecule has 0 radical (unpaired) electrons. The van der Waals surface area contributed by atoms with Crippen LogP contribution in [0.3, 0.4) is 0 Å². The fourth-order valence-corrected chi connectivity index (χ4v) is 5.41. The number of primary amides is 1. The quantitative estimate of drug-likeness (QED) is 0.483. The lowest BCUT2D eigenvalue weighted by Gasteiger charge is -2.46.